The number of hydrogen-bond acceptors (Lipinski definition) is 2. The van der Waals surface area contributed by atoms with Gasteiger partial charge in [0.1, 0.15) is 5.75 Å². The summed E-state index contributed by atoms with van der Waals surface area (Å²) in [6, 6.07) is 8.50. The number of hydrogen-bond donors (Lipinski definition) is 2. The molecule has 4 nitrogen and oxygen atoms in total. The Morgan fingerprint density at radius 3 is 2.36 bits per heavy atom. The second-order valence-corrected chi connectivity index (χ2v) is 6.54. The average molecular weight is 302 g/mol. The third kappa shape index (κ3) is 3.93. The van der Waals surface area contributed by atoms with Crippen molar-refractivity contribution in [3.63, 3.8) is 0 Å². The van der Waals surface area contributed by atoms with E-state index in [9.17, 15) is 4.79 Å². The zero-order valence-electron chi connectivity index (χ0n) is 13.3. The lowest BCUT2D eigenvalue weighted by atomic mass is 9.96. The summed E-state index contributed by atoms with van der Waals surface area (Å²) in [5.41, 5.74) is 1.17. The molecule has 2 aliphatic rings. The molecule has 4 heteroatoms. The molecule has 22 heavy (non-hydrogen) atoms. The fourth-order valence-corrected chi connectivity index (χ4v) is 3.33. The summed E-state index contributed by atoms with van der Waals surface area (Å²) < 4.78 is 5.21. The highest BCUT2D eigenvalue weighted by Crippen LogP contribution is 2.41. The first kappa shape index (κ1) is 15.2. The van der Waals surface area contributed by atoms with Crippen LogP contribution in [-0.2, 0) is 0 Å². The van der Waals surface area contributed by atoms with Crippen molar-refractivity contribution >= 4 is 6.03 Å². The summed E-state index contributed by atoms with van der Waals surface area (Å²) in [7, 11) is 1.67. The molecule has 2 N–H and O–H groups in total. The fraction of sp³-hybridized carbons (Fsp3) is 0.611. The van der Waals surface area contributed by atoms with Crippen LogP contribution in [0.4, 0.5) is 4.79 Å². The maximum atomic E-state index is 12.3. The SMILES string of the molecule is COc1ccc(C(NC(=O)NC2CCCCC2)C2CC2)cc1. The van der Waals surface area contributed by atoms with Crippen molar-refractivity contribution in [2.75, 3.05) is 7.11 Å². The number of carbonyl (C=O) groups is 1. The third-order valence-electron chi connectivity index (χ3n) is 4.80. The molecule has 2 saturated carbocycles. The third-order valence-corrected chi connectivity index (χ3v) is 4.80. The monoisotopic (exact) mass is 302 g/mol. The van der Waals surface area contributed by atoms with E-state index in [1.165, 1.54) is 37.7 Å². The first-order valence-electron chi connectivity index (χ1n) is 8.47. The quantitative estimate of drug-likeness (QED) is 0.869. The second-order valence-electron chi connectivity index (χ2n) is 6.54. The summed E-state index contributed by atoms with van der Waals surface area (Å²) in [6.07, 6.45) is 8.39. The van der Waals surface area contributed by atoms with E-state index in [0.717, 1.165) is 18.6 Å². The van der Waals surface area contributed by atoms with E-state index in [1.807, 2.05) is 12.1 Å². The molecule has 0 aliphatic heterocycles. The van der Waals surface area contributed by atoms with Crippen LogP contribution in [0.1, 0.15) is 56.6 Å². The first-order valence-corrected chi connectivity index (χ1v) is 8.47. The maximum absolute atomic E-state index is 12.3. The van der Waals surface area contributed by atoms with E-state index < -0.39 is 0 Å². The number of urea groups is 1. The van der Waals surface area contributed by atoms with E-state index in [2.05, 4.69) is 22.8 Å². The van der Waals surface area contributed by atoms with Gasteiger partial charge in [-0.2, -0.15) is 0 Å². The van der Waals surface area contributed by atoms with Crippen molar-refractivity contribution in [1.82, 2.24) is 10.6 Å². The molecule has 1 aromatic rings. The number of amides is 2. The molecule has 0 heterocycles. The Labute approximate surface area is 132 Å². The van der Waals surface area contributed by atoms with Crippen molar-refractivity contribution < 1.29 is 9.53 Å². The fourth-order valence-electron chi connectivity index (χ4n) is 3.33. The van der Waals surface area contributed by atoms with E-state index in [0.29, 0.717) is 12.0 Å². The van der Waals surface area contributed by atoms with Crippen LogP contribution in [-0.4, -0.2) is 19.2 Å². The number of benzene rings is 1. The number of nitrogens with one attached hydrogen (secondary N) is 2. The Morgan fingerprint density at radius 1 is 1.09 bits per heavy atom. The highest BCUT2D eigenvalue weighted by atomic mass is 16.5. The van der Waals surface area contributed by atoms with Crippen molar-refractivity contribution in [2.45, 2.75) is 57.0 Å². The predicted molar refractivity (Wildman–Crippen MR) is 87.0 cm³/mol. The minimum Gasteiger partial charge on any atom is -0.497 e. The molecule has 2 aliphatic carbocycles. The molecular weight excluding hydrogens is 276 g/mol. The predicted octanol–water partition coefficient (Wildman–Crippen LogP) is 3.78. The van der Waals surface area contributed by atoms with Gasteiger partial charge in [0.2, 0.25) is 0 Å². The molecule has 120 valence electrons. The Morgan fingerprint density at radius 2 is 1.77 bits per heavy atom. The molecule has 1 unspecified atom stereocenters. The Balaban J connectivity index is 1.59. The lowest BCUT2D eigenvalue weighted by Crippen LogP contribution is -2.44. The molecule has 0 radical (unpaired) electrons. The molecule has 1 atom stereocenters. The molecule has 3 rings (SSSR count). The molecule has 1 aromatic carbocycles. The van der Waals surface area contributed by atoms with E-state index in [4.69, 9.17) is 4.74 Å². The highest BCUT2D eigenvalue weighted by Gasteiger charge is 2.33. The molecule has 0 bridgehead atoms. The van der Waals surface area contributed by atoms with Gasteiger partial charge >= 0.3 is 6.03 Å². The van der Waals surface area contributed by atoms with Crippen molar-refractivity contribution in [3.8, 4) is 5.75 Å². The summed E-state index contributed by atoms with van der Waals surface area (Å²) in [6.45, 7) is 0. The molecule has 0 saturated heterocycles. The van der Waals surface area contributed by atoms with Gasteiger partial charge in [-0.3, -0.25) is 0 Å². The van der Waals surface area contributed by atoms with Gasteiger partial charge in [0, 0.05) is 6.04 Å². The van der Waals surface area contributed by atoms with Gasteiger partial charge < -0.3 is 15.4 Å². The number of methoxy groups -OCH3 is 1. The van der Waals surface area contributed by atoms with Crippen LogP contribution in [0.5, 0.6) is 5.75 Å². The van der Waals surface area contributed by atoms with Crippen LogP contribution in [0, 0.1) is 5.92 Å². The zero-order valence-corrected chi connectivity index (χ0v) is 13.3. The van der Waals surface area contributed by atoms with Gasteiger partial charge in [0.25, 0.3) is 0 Å². The molecule has 0 aromatic heterocycles. The summed E-state index contributed by atoms with van der Waals surface area (Å²) in [5.74, 6) is 1.43. The second kappa shape index (κ2) is 7.03. The lowest BCUT2D eigenvalue weighted by molar-refractivity contribution is 0.227. The Kier molecular flexibility index (Phi) is 4.86. The normalized spacial score (nSPS) is 20.2. The molecular formula is C18H26N2O2. The van der Waals surface area contributed by atoms with E-state index in [1.54, 1.807) is 7.11 Å². The summed E-state index contributed by atoms with van der Waals surface area (Å²) >= 11 is 0. The smallest absolute Gasteiger partial charge is 0.315 e. The summed E-state index contributed by atoms with van der Waals surface area (Å²) in [4.78, 5) is 12.3. The lowest BCUT2D eigenvalue weighted by Gasteiger charge is -2.25. The van der Waals surface area contributed by atoms with Gasteiger partial charge in [-0.05, 0) is 49.3 Å². The van der Waals surface area contributed by atoms with Gasteiger partial charge in [-0.1, -0.05) is 31.4 Å². The van der Waals surface area contributed by atoms with Crippen LogP contribution < -0.4 is 15.4 Å². The largest absolute Gasteiger partial charge is 0.497 e. The molecule has 2 fully saturated rings. The van der Waals surface area contributed by atoms with Crippen molar-refractivity contribution in [1.29, 1.82) is 0 Å². The standard InChI is InChI=1S/C18H26N2O2/c1-22-16-11-9-14(10-12-16)17(13-7-8-13)20-18(21)19-15-5-3-2-4-6-15/h9-13,15,17H,2-8H2,1H3,(H2,19,20,21). The van der Waals surface area contributed by atoms with Crippen LogP contribution in [0.3, 0.4) is 0 Å². The zero-order chi connectivity index (χ0) is 15.4. The van der Waals surface area contributed by atoms with E-state index >= 15 is 0 Å². The Bertz CT molecular complexity index is 490. The van der Waals surface area contributed by atoms with Gasteiger partial charge in [-0.15, -0.1) is 0 Å². The number of carbonyl (C=O) groups excluding carboxylic acids is 1. The van der Waals surface area contributed by atoms with Crippen LogP contribution in [0.25, 0.3) is 0 Å². The minimum absolute atomic E-state index is 0.0142. The minimum atomic E-state index is -0.0142. The number of rotatable bonds is 5. The van der Waals surface area contributed by atoms with Crippen molar-refractivity contribution in [2.24, 2.45) is 5.92 Å². The van der Waals surface area contributed by atoms with Crippen molar-refractivity contribution in [3.05, 3.63) is 29.8 Å². The highest BCUT2D eigenvalue weighted by molar-refractivity contribution is 5.75. The van der Waals surface area contributed by atoms with E-state index in [-0.39, 0.29) is 12.1 Å². The van der Waals surface area contributed by atoms with Gasteiger partial charge in [0.15, 0.2) is 0 Å². The molecule has 2 amide bonds. The number of ether oxygens (including phenoxy) is 1. The van der Waals surface area contributed by atoms with Gasteiger partial charge in [0.05, 0.1) is 13.2 Å². The van der Waals surface area contributed by atoms with Crippen LogP contribution >= 0.6 is 0 Å². The average Bonchev–Trinajstić information content (AvgIpc) is 3.38. The molecule has 0 spiro atoms. The topological polar surface area (TPSA) is 50.4 Å². The van der Waals surface area contributed by atoms with Crippen LogP contribution in [0.15, 0.2) is 24.3 Å². The maximum Gasteiger partial charge on any atom is 0.315 e. The summed E-state index contributed by atoms with van der Waals surface area (Å²) in [5, 5.41) is 6.34. The first-order chi connectivity index (χ1) is 10.8. The van der Waals surface area contributed by atoms with Gasteiger partial charge in [-0.25, -0.2) is 4.79 Å². The van der Waals surface area contributed by atoms with Crippen LogP contribution in [0.2, 0.25) is 0 Å². The Hall–Kier alpha value is -1.71.